The number of hydrogen-bond acceptors (Lipinski definition) is 5. The first kappa shape index (κ1) is 13.5. The number of nitrogens with zero attached hydrogens (tertiary/aromatic N) is 1. The highest BCUT2D eigenvalue weighted by Crippen LogP contribution is 2.26. The molecule has 0 fully saturated rings. The molecule has 0 aliphatic rings. The summed E-state index contributed by atoms with van der Waals surface area (Å²) >= 11 is 0. The summed E-state index contributed by atoms with van der Waals surface area (Å²) in [6.45, 7) is 0.244. The van der Waals surface area contributed by atoms with Crippen LogP contribution in [0.3, 0.4) is 0 Å². The zero-order valence-electron chi connectivity index (χ0n) is 10.4. The molecule has 0 spiro atoms. The van der Waals surface area contributed by atoms with Gasteiger partial charge in [-0.15, -0.1) is 0 Å². The molecule has 20 heavy (non-hydrogen) atoms. The second-order valence-corrected chi connectivity index (χ2v) is 4.13. The lowest BCUT2D eigenvalue weighted by molar-refractivity contribution is -0.384. The van der Waals surface area contributed by atoms with Gasteiger partial charge in [-0.05, 0) is 18.2 Å². The minimum Gasteiger partial charge on any atom is -0.508 e. The monoisotopic (exact) mass is 272 g/mol. The van der Waals surface area contributed by atoms with E-state index in [9.17, 15) is 20.0 Å². The SMILES string of the molecule is O=Cc1ccc(NCc2ccccc2O)c([N+](=O)[O-])c1. The first-order valence-corrected chi connectivity index (χ1v) is 5.86. The van der Waals surface area contributed by atoms with E-state index in [0.717, 1.165) is 0 Å². The van der Waals surface area contributed by atoms with Crippen LogP contribution in [0, 0.1) is 10.1 Å². The molecule has 0 amide bonds. The predicted octanol–water partition coefficient (Wildman–Crippen LogP) is 2.73. The molecule has 0 unspecified atom stereocenters. The lowest BCUT2D eigenvalue weighted by Gasteiger charge is -2.08. The molecule has 2 aromatic rings. The van der Waals surface area contributed by atoms with E-state index in [1.54, 1.807) is 24.3 Å². The van der Waals surface area contributed by atoms with Crippen molar-refractivity contribution in [2.24, 2.45) is 0 Å². The van der Waals surface area contributed by atoms with Crippen molar-refractivity contribution in [2.75, 3.05) is 5.32 Å². The highest BCUT2D eigenvalue weighted by Gasteiger charge is 2.14. The Hall–Kier alpha value is -2.89. The Balaban J connectivity index is 2.23. The van der Waals surface area contributed by atoms with Gasteiger partial charge in [0.1, 0.15) is 17.7 Å². The zero-order valence-corrected chi connectivity index (χ0v) is 10.4. The van der Waals surface area contributed by atoms with E-state index in [1.807, 2.05) is 0 Å². The largest absolute Gasteiger partial charge is 0.508 e. The Morgan fingerprint density at radius 3 is 2.65 bits per heavy atom. The Bertz CT molecular complexity index is 655. The van der Waals surface area contributed by atoms with Gasteiger partial charge in [0.25, 0.3) is 5.69 Å². The van der Waals surface area contributed by atoms with E-state index in [-0.39, 0.29) is 23.5 Å². The van der Waals surface area contributed by atoms with Crippen molar-refractivity contribution in [1.29, 1.82) is 0 Å². The summed E-state index contributed by atoms with van der Waals surface area (Å²) in [5, 5.41) is 23.5. The molecule has 2 rings (SSSR count). The number of carbonyl (C=O) groups is 1. The Kier molecular flexibility index (Phi) is 3.95. The van der Waals surface area contributed by atoms with E-state index in [0.29, 0.717) is 17.5 Å². The molecule has 2 N–H and O–H groups in total. The molecule has 0 aliphatic carbocycles. The van der Waals surface area contributed by atoms with Gasteiger partial charge >= 0.3 is 0 Å². The molecule has 0 aromatic heterocycles. The van der Waals surface area contributed by atoms with Gasteiger partial charge in [-0.25, -0.2) is 0 Å². The van der Waals surface area contributed by atoms with Gasteiger partial charge in [-0.2, -0.15) is 0 Å². The summed E-state index contributed by atoms with van der Waals surface area (Å²) in [5.41, 5.74) is 0.986. The van der Waals surface area contributed by atoms with Crippen LogP contribution < -0.4 is 5.32 Å². The van der Waals surface area contributed by atoms with Gasteiger partial charge in [-0.1, -0.05) is 18.2 Å². The number of anilines is 1. The number of carbonyl (C=O) groups excluding carboxylic acids is 1. The van der Waals surface area contributed by atoms with Crippen LogP contribution in [0.25, 0.3) is 0 Å². The van der Waals surface area contributed by atoms with Crippen LogP contribution in [0.2, 0.25) is 0 Å². The third-order valence-corrected chi connectivity index (χ3v) is 2.82. The van der Waals surface area contributed by atoms with Crippen molar-refractivity contribution in [1.82, 2.24) is 0 Å². The molecule has 0 bridgehead atoms. The van der Waals surface area contributed by atoms with Crippen LogP contribution in [0.5, 0.6) is 5.75 Å². The van der Waals surface area contributed by atoms with Crippen LogP contribution in [0.15, 0.2) is 42.5 Å². The molecule has 6 heteroatoms. The van der Waals surface area contributed by atoms with Crippen molar-refractivity contribution in [3.63, 3.8) is 0 Å². The zero-order chi connectivity index (χ0) is 14.5. The maximum absolute atomic E-state index is 11.0. The van der Waals surface area contributed by atoms with E-state index in [4.69, 9.17) is 0 Å². The van der Waals surface area contributed by atoms with Crippen molar-refractivity contribution in [2.45, 2.75) is 6.54 Å². The summed E-state index contributed by atoms with van der Waals surface area (Å²) in [5.74, 6) is 0.118. The topological polar surface area (TPSA) is 92.5 Å². The highest BCUT2D eigenvalue weighted by atomic mass is 16.6. The number of hydrogen-bond donors (Lipinski definition) is 2. The van der Waals surface area contributed by atoms with Crippen molar-refractivity contribution in [3.8, 4) is 5.75 Å². The average molecular weight is 272 g/mol. The molecule has 0 saturated heterocycles. The van der Waals surface area contributed by atoms with Gasteiger partial charge in [0, 0.05) is 23.7 Å². The molecular weight excluding hydrogens is 260 g/mol. The number of aromatic hydroxyl groups is 1. The van der Waals surface area contributed by atoms with E-state index >= 15 is 0 Å². The smallest absolute Gasteiger partial charge is 0.293 e. The molecule has 0 atom stereocenters. The molecule has 0 heterocycles. The summed E-state index contributed by atoms with van der Waals surface area (Å²) < 4.78 is 0. The van der Waals surface area contributed by atoms with Crippen LogP contribution in [0.1, 0.15) is 15.9 Å². The molecule has 102 valence electrons. The Morgan fingerprint density at radius 2 is 2.00 bits per heavy atom. The molecular formula is C14H12N2O4. The number of nitro groups is 1. The first-order valence-electron chi connectivity index (χ1n) is 5.86. The summed E-state index contributed by atoms with van der Waals surface area (Å²) in [4.78, 5) is 21.1. The van der Waals surface area contributed by atoms with Crippen LogP contribution in [-0.2, 0) is 6.54 Å². The Morgan fingerprint density at radius 1 is 1.25 bits per heavy atom. The molecule has 0 radical (unpaired) electrons. The first-order chi connectivity index (χ1) is 9.61. The van der Waals surface area contributed by atoms with Crippen molar-refractivity contribution >= 4 is 17.7 Å². The summed E-state index contributed by atoms with van der Waals surface area (Å²) in [7, 11) is 0. The van der Waals surface area contributed by atoms with Gasteiger partial charge in [0.05, 0.1) is 4.92 Å². The lowest BCUT2D eigenvalue weighted by Crippen LogP contribution is -2.03. The van der Waals surface area contributed by atoms with E-state index in [1.165, 1.54) is 18.2 Å². The number of nitrogens with one attached hydrogen (secondary N) is 1. The third kappa shape index (κ3) is 2.92. The number of benzene rings is 2. The Labute approximate surface area is 114 Å². The van der Waals surface area contributed by atoms with Gasteiger partial charge in [0.15, 0.2) is 0 Å². The van der Waals surface area contributed by atoms with Gasteiger partial charge in [-0.3, -0.25) is 14.9 Å². The number of para-hydroxylation sites is 1. The quantitative estimate of drug-likeness (QED) is 0.496. The molecule has 0 aliphatic heterocycles. The minimum atomic E-state index is -0.555. The standard InChI is InChI=1S/C14H12N2O4/c17-9-10-5-6-12(13(7-10)16(19)20)15-8-11-3-1-2-4-14(11)18/h1-7,9,15,18H,8H2. The highest BCUT2D eigenvalue weighted by molar-refractivity contribution is 5.79. The summed E-state index contributed by atoms with van der Waals surface area (Å²) in [6, 6.07) is 10.9. The fourth-order valence-electron chi connectivity index (χ4n) is 1.77. The van der Waals surface area contributed by atoms with E-state index in [2.05, 4.69) is 5.32 Å². The second kappa shape index (κ2) is 5.83. The normalized spacial score (nSPS) is 10.0. The maximum Gasteiger partial charge on any atom is 0.293 e. The minimum absolute atomic E-state index is 0.118. The van der Waals surface area contributed by atoms with Crippen molar-refractivity contribution in [3.05, 3.63) is 63.7 Å². The van der Waals surface area contributed by atoms with Crippen LogP contribution in [-0.4, -0.2) is 16.3 Å². The number of phenolic OH excluding ortho intramolecular Hbond substituents is 1. The van der Waals surface area contributed by atoms with Gasteiger partial charge < -0.3 is 10.4 Å². The third-order valence-electron chi connectivity index (χ3n) is 2.82. The molecule has 6 nitrogen and oxygen atoms in total. The average Bonchev–Trinajstić information content (AvgIpc) is 2.46. The number of rotatable bonds is 5. The number of aldehydes is 1. The maximum atomic E-state index is 11.0. The van der Waals surface area contributed by atoms with Crippen molar-refractivity contribution < 1.29 is 14.8 Å². The predicted molar refractivity (Wildman–Crippen MR) is 73.9 cm³/mol. The van der Waals surface area contributed by atoms with Gasteiger partial charge in [0.2, 0.25) is 0 Å². The molecule has 0 saturated carbocycles. The van der Waals surface area contributed by atoms with Crippen LogP contribution >= 0.6 is 0 Å². The van der Waals surface area contributed by atoms with E-state index < -0.39 is 4.92 Å². The fraction of sp³-hybridized carbons (Fsp3) is 0.0714. The summed E-state index contributed by atoms with van der Waals surface area (Å²) in [6.07, 6.45) is 0.555. The van der Waals surface area contributed by atoms with Crippen LogP contribution in [0.4, 0.5) is 11.4 Å². The number of phenols is 1. The fourth-order valence-corrected chi connectivity index (χ4v) is 1.77. The second-order valence-electron chi connectivity index (χ2n) is 4.13. The molecule has 2 aromatic carbocycles. The lowest BCUT2D eigenvalue weighted by atomic mass is 10.1. The number of nitro benzene ring substituents is 1.